The van der Waals surface area contributed by atoms with Gasteiger partial charge >= 0.3 is 0 Å². The highest BCUT2D eigenvalue weighted by Gasteiger charge is 2.24. The number of pyridine rings is 2. The van der Waals surface area contributed by atoms with Gasteiger partial charge in [-0.2, -0.15) is 0 Å². The van der Waals surface area contributed by atoms with Crippen LogP contribution in [0, 0.1) is 0 Å². The Balaban J connectivity index is 1.42. The van der Waals surface area contributed by atoms with E-state index in [1.165, 1.54) is 12.8 Å². The van der Waals surface area contributed by atoms with Crippen LogP contribution in [0.3, 0.4) is 0 Å². The molecule has 2 N–H and O–H groups in total. The maximum atomic E-state index is 13.7. The van der Waals surface area contributed by atoms with Crippen molar-refractivity contribution in [3.8, 4) is 0 Å². The van der Waals surface area contributed by atoms with Crippen molar-refractivity contribution < 1.29 is 9.59 Å². The number of carbonyl (C=O) groups is 2. The van der Waals surface area contributed by atoms with Crippen LogP contribution in [0.5, 0.6) is 0 Å². The lowest BCUT2D eigenvalue weighted by atomic mass is 10.1. The van der Waals surface area contributed by atoms with E-state index < -0.39 is 0 Å². The van der Waals surface area contributed by atoms with E-state index in [4.69, 9.17) is 4.98 Å². The average Bonchev–Trinajstić information content (AvgIpc) is 3.56. The van der Waals surface area contributed by atoms with Crippen LogP contribution < -0.4 is 15.6 Å². The van der Waals surface area contributed by atoms with Crippen LogP contribution in [0.25, 0.3) is 27.7 Å². The number of piperazine rings is 1. The summed E-state index contributed by atoms with van der Waals surface area (Å²) in [6.45, 7) is 7.57. The Morgan fingerprint density at radius 3 is 2.51 bits per heavy atom. The van der Waals surface area contributed by atoms with Crippen LogP contribution in [-0.2, 0) is 4.79 Å². The Hall–Kier alpha value is -3.92. The zero-order chi connectivity index (χ0) is 25.5. The third kappa shape index (κ3) is 4.21. The van der Waals surface area contributed by atoms with Crippen molar-refractivity contribution in [3.63, 3.8) is 0 Å². The fourth-order valence-electron chi connectivity index (χ4n) is 5.56. The summed E-state index contributed by atoms with van der Waals surface area (Å²) in [6, 6.07) is 11.3. The number of nitrogens with one attached hydrogen (secondary N) is 2. The smallest absolute Gasteiger partial charge is 0.259 e. The van der Waals surface area contributed by atoms with Crippen molar-refractivity contribution in [2.45, 2.75) is 19.8 Å². The second kappa shape index (κ2) is 9.51. The number of hydrogen-bond acceptors (Lipinski definition) is 6. The summed E-state index contributed by atoms with van der Waals surface area (Å²) in [6.07, 6.45) is 2.38. The number of rotatable bonds is 5. The van der Waals surface area contributed by atoms with Crippen molar-refractivity contribution in [2.75, 3.05) is 57.3 Å². The van der Waals surface area contributed by atoms with Gasteiger partial charge in [0.15, 0.2) is 5.65 Å². The maximum Gasteiger partial charge on any atom is 0.259 e. The van der Waals surface area contributed by atoms with Gasteiger partial charge in [0.2, 0.25) is 11.3 Å². The van der Waals surface area contributed by atoms with Gasteiger partial charge in [0.1, 0.15) is 17.0 Å². The molecule has 37 heavy (non-hydrogen) atoms. The number of nitrogens with zero attached hydrogens (tertiary/aromatic N) is 5. The van der Waals surface area contributed by atoms with Crippen molar-refractivity contribution in [1.82, 2.24) is 29.5 Å². The number of para-hydroxylation sites is 2. The standard InChI is InChI=1S/C27H31N7O3/c1-18(35)32-14-16-33(17-15-32)22-9-8-19-24(36)23(27(37)28-10-13-31-11-4-5-12-31)26-29-20-6-2-3-7-21(20)34(26)25(19)30-22/h2-3,6-9,29H,4-5,10-17H2,1H3,(H,28,37). The van der Waals surface area contributed by atoms with Gasteiger partial charge in [-0.25, -0.2) is 4.98 Å². The minimum atomic E-state index is -0.375. The number of imidazole rings is 1. The minimum absolute atomic E-state index is 0.0735. The highest BCUT2D eigenvalue weighted by molar-refractivity contribution is 6.05. The molecule has 1 aromatic carbocycles. The summed E-state index contributed by atoms with van der Waals surface area (Å²) in [5.41, 5.74) is 2.40. The zero-order valence-electron chi connectivity index (χ0n) is 21.0. The SMILES string of the molecule is CC(=O)N1CCN(c2ccc3c(=O)c(C(=O)NCCN4CCCC4)c4[nH]c5ccccc5n4c3n2)CC1. The van der Waals surface area contributed by atoms with Gasteiger partial charge in [-0.15, -0.1) is 0 Å². The second-order valence-corrected chi connectivity index (χ2v) is 9.87. The van der Waals surface area contributed by atoms with Gasteiger partial charge in [-0.05, 0) is 50.2 Å². The average molecular weight is 502 g/mol. The lowest BCUT2D eigenvalue weighted by molar-refractivity contribution is -0.129. The molecule has 2 amide bonds. The Labute approximate surface area is 213 Å². The highest BCUT2D eigenvalue weighted by atomic mass is 16.2. The first-order chi connectivity index (χ1) is 18.0. The molecule has 0 bridgehead atoms. The molecule has 192 valence electrons. The molecule has 0 unspecified atom stereocenters. The molecule has 5 heterocycles. The first-order valence-corrected chi connectivity index (χ1v) is 13.0. The van der Waals surface area contributed by atoms with Crippen LogP contribution in [-0.4, -0.2) is 88.3 Å². The van der Waals surface area contributed by atoms with E-state index in [0.717, 1.165) is 36.5 Å². The molecule has 2 aliphatic rings. The number of aromatic amines is 1. The van der Waals surface area contributed by atoms with Gasteiger partial charge in [0.25, 0.3) is 5.91 Å². The summed E-state index contributed by atoms with van der Waals surface area (Å²) in [7, 11) is 0. The fourth-order valence-corrected chi connectivity index (χ4v) is 5.56. The molecule has 0 radical (unpaired) electrons. The quantitative estimate of drug-likeness (QED) is 0.432. The van der Waals surface area contributed by atoms with Gasteiger partial charge < -0.3 is 25.0 Å². The number of carbonyl (C=O) groups excluding carboxylic acids is 2. The van der Waals surface area contributed by atoms with Crippen LogP contribution in [0.4, 0.5) is 5.82 Å². The highest BCUT2D eigenvalue weighted by Crippen LogP contribution is 2.25. The van der Waals surface area contributed by atoms with E-state index in [2.05, 4.69) is 20.1 Å². The predicted molar refractivity (Wildman–Crippen MR) is 143 cm³/mol. The van der Waals surface area contributed by atoms with Crippen LogP contribution in [0.1, 0.15) is 30.1 Å². The summed E-state index contributed by atoms with van der Waals surface area (Å²) in [4.78, 5) is 53.3. The molecule has 2 saturated heterocycles. The number of likely N-dealkylation sites (tertiary alicyclic amines) is 1. The monoisotopic (exact) mass is 501 g/mol. The maximum absolute atomic E-state index is 13.7. The Morgan fingerprint density at radius 1 is 1.00 bits per heavy atom. The predicted octanol–water partition coefficient (Wildman–Crippen LogP) is 1.82. The largest absolute Gasteiger partial charge is 0.353 e. The molecule has 2 aliphatic heterocycles. The van der Waals surface area contributed by atoms with Gasteiger partial charge in [0, 0.05) is 46.2 Å². The van der Waals surface area contributed by atoms with E-state index in [0.29, 0.717) is 49.4 Å². The van der Waals surface area contributed by atoms with E-state index in [9.17, 15) is 14.4 Å². The first-order valence-electron chi connectivity index (χ1n) is 13.0. The topological polar surface area (TPSA) is 106 Å². The first kappa shape index (κ1) is 23.5. The molecule has 3 aromatic heterocycles. The summed E-state index contributed by atoms with van der Waals surface area (Å²) < 4.78 is 1.89. The lowest BCUT2D eigenvalue weighted by Gasteiger charge is -2.35. The summed E-state index contributed by atoms with van der Waals surface area (Å²) in [5, 5.41) is 3.37. The number of benzene rings is 1. The van der Waals surface area contributed by atoms with E-state index >= 15 is 0 Å². The lowest BCUT2D eigenvalue weighted by Crippen LogP contribution is -2.48. The molecule has 0 aliphatic carbocycles. The number of hydrogen-bond donors (Lipinski definition) is 2. The van der Waals surface area contributed by atoms with Crippen molar-refractivity contribution in [2.24, 2.45) is 0 Å². The normalized spacial score (nSPS) is 16.8. The molecule has 10 heteroatoms. The molecular weight excluding hydrogens is 470 g/mol. The van der Waals surface area contributed by atoms with E-state index in [-0.39, 0.29) is 22.8 Å². The Bertz CT molecular complexity index is 1560. The van der Waals surface area contributed by atoms with Crippen molar-refractivity contribution in [3.05, 3.63) is 52.2 Å². The second-order valence-electron chi connectivity index (χ2n) is 9.87. The van der Waals surface area contributed by atoms with Gasteiger partial charge in [0.05, 0.1) is 16.4 Å². The molecule has 2 fully saturated rings. The summed E-state index contributed by atoms with van der Waals surface area (Å²) in [5.74, 6) is 0.445. The third-order valence-electron chi connectivity index (χ3n) is 7.59. The Morgan fingerprint density at radius 2 is 1.76 bits per heavy atom. The van der Waals surface area contributed by atoms with Gasteiger partial charge in [-0.1, -0.05) is 12.1 Å². The van der Waals surface area contributed by atoms with Gasteiger partial charge in [-0.3, -0.25) is 18.8 Å². The number of amides is 2. The van der Waals surface area contributed by atoms with Crippen LogP contribution in [0.2, 0.25) is 0 Å². The number of H-pyrrole nitrogens is 1. The molecule has 4 aromatic rings. The molecule has 0 atom stereocenters. The van der Waals surface area contributed by atoms with E-state index in [1.807, 2.05) is 39.6 Å². The Kier molecular flexibility index (Phi) is 6.03. The van der Waals surface area contributed by atoms with Crippen molar-refractivity contribution in [1.29, 1.82) is 0 Å². The third-order valence-corrected chi connectivity index (χ3v) is 7.59. The fraction of sp³-hybridized carbons (Fsp3) is 0.407. The molecule has 0 spiro atoms. The van der Waals surface area contributed by atoms with Crippen LogP contribution >= 0.6 is 0 Å². The number of fused-ring (bicyclic) bond motifs is 5. The zero-order valence-corrected chi connectivity index (χ0v) is 21.0. The molecule has 6 rings (SSSR count). The summed E-state index contributed by atoms with van der Waals surface area (Å²) >= 11 is 0. The molecule has 0 saturated carbocycles. The minimum Gasteiger partial charge on any atom is -0.353 e. The van der Waals surface area contributed by atoms with Crippen molar-refractivity contribution >= 4 is 45.3 Å². The van der Waals surface area contributed by atoms with Crippen LogP contribution in [0.15, 0.2) is 41.2 Å². The number of anilines is 1. The molecule has 10 nitrogen and oxygen atoms in total. The number of aromatic nitrogens is 3. The molecular formula is C27H31N7O3. The van der Waals surface area contributed by atoms with E-state index in [1.54, 1.807) is 13.0 Å².